The molecule has 0 aromatic heterocycles. The van der Waals surface area contributed by atoms with Gasteiger partial charge in [-0.05, 0) is 38.2 Å². The van der Waals surface area contributed by atoms with Gasteiger partial charge in [-0.2, -0.15) is 0 Å². The van der Waals surface area contributed by atoms with Crippen LogP contribution >= 0.6 is 0 Å². The van der Waals surface area contributed by atoms with Gasteiger partial charge in [0.05, 0.1) is 19.3 Å². The van der Waals surface area contributed by atoms with Crippen LogP contribution in [0.15, 0.2) is 24.0 Å². The van der Waals surface area contributed by atoms with E-state index in [0.717, 1.165) is 44.5 Å². The molecule has 4 heteroatoms. The summed E-state index contributed by atoms with van der Waals surface area (Å²) in [6, 6.07) is 0. The summed E-state index contributed by atoms with van der Waals surface area (Å²) >= 11 is 0. The molecule has 0 radical (unpaired) electrons. The van der Waals surface area contributed by atoms with E-state index in [2.05, 4.69) is 18.2 Å². The van der Waals surface area contributed by atoms with Crippen LogP contribution in [0.3, 0.4) is 0 Å². The Labute approximate surface area is 114 Å². The minimum absolute atomic E-state index is 0.115. The third-order valence-corrected chi connectivity index (χ3v) is 3.76. The normalized spacial score (nSPS) is 37.8. The standard InChI is InChI=1S/C15H22O4/c1-2-6-12-13(7-4-5-9-16-12)19-14(8-3-1)15-17-10-11-18-15/h1-2,8,12-13,15H,3-7,9-11H2/b2-1-,14-8-/t12-,13+/m0/s1. The molecule has 106 valence electrons. The zero-order valence-electron chi connectivity index (χ0n) is 11.3. The van der Waals surface area contributed by atoms with E-state index in [1.54, 1.807) is 0 Å². The second-order valence-corrected chi connectivity index (χ2v) is 5.18. The highest BCUT2D eigenvalue weighted by Crippen LogP contribution is 2.27. The van der Waals surface area contributed by atoms with Crippen molar-refractivity contribution >= 4 is 0 Å². The van der Waals surface area contributed by atoms with Crippen molar-refractivity contribution in [2.45, 2.75) is 50.6 Å². The summed E-state index contributed by atoms with van der Waals surface area (Å²) in [6.45, 7) is 2.13. The zero-order chi connectivity index (χ0) is 12.9. The van der Waals surface area contributed by atoms with E-state index in [1.165, 1.54) is 0 Å². The highest BCUT2D eigenvalue weighted by atomic mass is 16.7. The van der Waals surface area contributed by atoms with Crippen LogP contribution in [0.5, 0.6) is 0 Å². The highest BCUT2D eigenvalue weighted by molar-refractivity contribution is 5.05. The third kappa shape index (κ3) is 3.38. The number of fused-ring (bicyclic) bond motifs is 1. The quantitative estimate of drug-likeness (QED) is 0.683. The van der Waals surface area contributed by atoms with Crippen molar-refractivity contribution in [3.8, 4) is 0 Å². The summed E-state index contributed by atoms with van der Waals surface area (Å²) in [5, 5.41) is 0. The van der Waals surface area contributed by atoms with Gasteiger partial charge in [-0.3, -0.25) is 0 Å². The zero-order valence-corrected chi connectivity index (χ0v) is 11.3. The van der Waals surface area contributed by atoms with Gasteiger partial charge in [-0.15, -0.1) is 0 Å². The molecule has 0 unspecified atom stereocenters. The predicted molar refractivity (Wildman–Crippen MR) is 70.6 cm³/mol. The van der Waals surface area contributed by atoms with Crippen LogP contribution in [0.1, 0.15) is 32.1 Å². The van der Waals surface area contributed by atoms with E-state index in [0.29, 0.717) is 13.2 Å². The van der Waals surface area contributed by atoms with Gasteiger partial charge in [0, 0.05) is 6.61 Å². The van der Waals surface area contributed by atoms with Crippen LogP contribution < -0.4 is 0 Å². The van der Waals surface area contributed by atoms with Gasteiger partial charge in [0.2, 0.25) is 6.29 Å². The Morgan fingerprint density at radius 1 is 0.895 bits per heavy atom. The fourth-order valence-electron chi connectivity index (χ4n) is 2.74. The second-order valence-electron chi connectivity index (χ2n) is 5.18. The first-order valence-electron chi connectivity index (χ1n) is 7.30. The molecule has 4 nitrogen and oxygen atoms in total. The third-order valence-electron chi connectivity index (χ3n) is 3.76. The average Bonchev–Trinajstić information content (AvgIpc) is 2.89. The molecule has 3 rings (SSSR count). The summed E-state index contributed by atoms with van der Waals surface area (Å²) in [7, 11) is 0. The topological polar surface area (TPSA) is 36.9 Å². The Morgan fingerprint density at radius 3 is 2.68 bits per heavy atom. The first-order chi connectivity index (χ1) is 9.43. The maximum absolute atomic E-state index is 6.19. The molecular weight excluding hydrogens is 244 g/mol. The number of hydrogen-bond donors (Lipinski definition) is 0. The molecule has 0 N–H and O–H groups in total. The van der Waals surface area contributed by atoms with Gasteiger partial charge in [-0.25, -0.2) is 0 Å². The lowest BCUT2D eigenvalue weighted by Crippen LogP contribution is -2.31. The van der Waals surface area contributed by atoms with Crippen LogP contribution in [0.2, 0.25) is 0 Å². The molecule has 3 heterocycles. The first-order valence-corrected chi connectivity index (χ1v) is 7.30. The molecule has 2 atom stereocenters. The number of ether oxygens (including phenoxy) is 4. The molecule has 2 fully saturated rings. The Hall–Kier alpha value is -0.840. The summed E-state index contributed by atoms with van der Waals surface area (Å²) in [5.74, 6) is 0.824. The average molecular weight is 266 g/mol. The van der Waals surface area contributed by atoms with E-state index < -0.39 is 0 Å². The Kier molecular flexibility index (Phi) is 4.53. The molecule has 0 spiro atoms. The number of hydrogen-bond acceptors (Lipinski definition) is 4. The lowest BCUT2D eigenvalue weighted by Gasteiger charge is -2.27. The van der Waals surface area contributed by atoms with E-state index in [-0.39, 0.29) is 18.5 Å². The highest BCUT2D eigenvalue weighted by Gasteiger charge is 2.30. The smallest absolute Gasteiger partial charge is 0.216 e. The SMILES string of the molecule is C1=C\C[C@@H]2OCCCC[C@H]2O/C(C2OCCO2)=C\C/1. The van der Waals surface area contributed by atoms with Crippen molar-refractivity contribution in [3.63, 3.8) is 0 Å². The van der Waals surface area contributed by atoms with Crippen molar-refractivity contribution in [1.29, 1.82) is 0 Å². The van der Waals surface area contributed by atoms with Crippen molar-refractivity contribution in [3.05, 3.63) is 24.0 Å². The number of allylic oxidation sites excluding steroid dienone is 2. The van der Waals surface area contributed by atoms with Gasteiger partial charge in [-0.1, -0.05) is 12.2 Å². The van der Waals surface area contributed by atoms with E-state index in [4.69, 9.17) is 18.9 Å². The van der Waals surface area contributed by atoms with Gasteiger partial charge >= 0.3 is 0 Å². The maximum atomic E-state index is 6.19. The Morgan fingerprint density at radius 2 is 1.79 bits per heavy atom. The summed E-state index contributed by atoms with van der Waals surface area (Å²) in [6.07, 6.45) is 11.5. The molecule has 3 aliphatic rings. The molecule has 0 saturated carbocycles. The lowest BCUT2D eigenvalue weighted by atomic mass is 10.1. The molecule has 0 bridgehead atoms. The summed E-state index contributed by atoms with van der Waals surface area (Å²) in [5.41, 5.74) is 0. The first kappa shape index (κ1) is 13.2. The molecule has 0 aliphatic carbocycles. The minimum atomic E-state index is -0.324. The van der Waals surface area contributed by atoms with Crippen molar-refractivity contribution in [1.82, 2.24) is 0 Å². The number of rotatable bonds is 1. The molecule has 2 saturated heterocycles. The monoisotopic (exact) mass is 266 g/mol. The van der Waals surface area contributed by atoms with E-state index in [9.17, 15) is 0 Å². The Bertz CT molecular complexity index is 344. The van der Waals surface area contributed by atoms with Gasteiger partial charge in [0.15, 0.2) is 0 Å². The van der Waals surface area contributed by atoms with Gasteiger partial charge in [0.25, 0.3) is 0 Å². The van der Waals surface area contributed by atoms with Gasteiger partial charge in [0.1, 0.15) is 11.9 Å². The van der Waals surface area contributed by atoms with Crippen LogP contribution in [0, 0.1) is 0 Å². The van der Waals surface area contributed by atoms with Crippen molar-refractivity contribution in [2.75, 3.05) is 19.8 Å². The van der Waals surface area contributed by atoms with Crippen LogP contribution in [0.25, 0.3) is 0 Å². The van der Waals surface area contributed by atoms with Gasteiger partial charge < -0.3 is 18.9 Å². The molecule has 0 aromatic carbocycles. The maximum Gasteiger partial charge on any atom is 0.216 e. The van der Waals surface area contributed by atoms with E-state index >= 15 is 0 Å². The summed E-state index contributed by atoms with van der Waals surface area (Å²) < 4.78 is 23.2. The Balaban J connectivity index is 1.74. The lowest BCUT2D eigenvalue weighted by molar-refractivity contribution is -0.0946. The minimum Gasteiger partial charge on any atom is -0.487 e. The fraction of sp³-hybridized carbons (Fsp3) is 0.733. The van der Waals surface area contributed by atoms with Crippen LogP contribution in [-0.2, 0) is 18.9 Å². The fourth-order valence-corrected chi connectivity index (χ4v) is 2.74. The van der Waals surface area contributed by atoms with Crippen molar-refractivity contribution in [2.24, 2.45) is 0 Å². The molecule has 0 amide bonds. The largest absolute Gasteiger partial charge is 0.487 e. The molecule has 3 aliphatic heterocycles. The van der Waals surface area contributed by atoms with E-state index in [1.807, 2.05) is 0 Å². The predicted octanol–water partition coefficient (Wildman–Crippen LogP) is 2.55. The van der Waals surface area contributed by atoms with Crippen molar-refractivity contribution < 1.29 is 18.9 Å². The summed E-state index contributed by atoms with van der Waals surface area (Å²) in [4.78, 5) is 0. The second kappa shape index (κ2) is 6.55. The van der Waals surface area contributed by atoms with Crippen LogP contribution in [0.4, 0.5) is 0 Å². The molecule has 0 aromatic rings. The van der Waals surface area contributed by atoms with Crippen LogP contribution in [-0.4, -0.2) is 38.3 Å². The molecule has 19 heavy (non-hydrogen) atoms. The molecular formula is C15H22O4.